The van der Waals surface area contributed by atoms with Crippen LogP contribution in [0.5, 0.6) is 0 Å². The van der Waals surface area contributed by atoms with Crippen molar-refractivity contribution >= 4 is 54.5 Å². The molecule has 1 rings (SSSR count). The summed E-state index contributed by atoms with van der Waals surface area (Å²) < 4.78 is 2.57. The number of rotatable bonds is 8. The second-order valence-corrected chi connectivity index (χ2v) is 17.3. The Morgan fingerprint density at radius 3 is 1.24 bits per heavy atom. The van der Waals surface area contributed by atoms with Crippen molar-refractivity contribution < 1.29 is 0 Å². The molecule has 7 heteroatoms. The quantitative estimate of drug-likeness (QED) is 0.378. The average Bonchev–Trinajstić information content (AvgIpc) is 2.76. The largest absolute Gasteiger partial charge is 0.185 e. The van der Waals surface area contributed by atoms with Gasteiger partial charge in [0.15, 0.2) is 8.68 Å². The second kappa shape index (κ2) is 8.97. The molecule has 25 heavy (non-hydrogen) atoms. The van der Waals surface area contributed by atoms with Crippen LogP contribution in [0.1, 0.15) is 82.1 Å². The Kier molecular flexibility index (Phi) is 8.61. The first-order valence-electron chi connectivity index (χ1n) is 8.62. The van der Waals surface area contributed by atoms with Crippen LogP contribution in [-0.2, 0) is 0 Å². The molecule has 0 amide bonds. The van der Waals surface area contributed by atoms with Crippen molar-refractivity contribution in [1.82, 2.24) is 10.2 Å². The SMILES string of the molecule is CC(C)(C)CC(C)(C)SSc1nnc(SSC(C)(C)CC(C)(C)C)s1. The molecule has 0 saturated carbocycles. The van der Waals surface area contributed by atoms with Crippen LogP contribution in [0.4, 0.5) is 0 Å². The third-order valence-electron chi connectivity index (χ3n) is 2.98. The molecule has 0 spiro atoms. The molecule has 0 atom stereocenters. The van der Waals surface area contributed by atoms with E-state index in [9.17, 15) is 0 Å². The highest BCUT2D eigenvalue weighted by Gasteiger charge is 2.28. The lowest BCUT2D eigenvalue weighted by molar-refractivity contribution is 0.340. The Labute approximate surface area is 175 Å². The van der Waals surface area contributed by atoms with Crippen LogP contribution in [0.3, 0.4) is 0 Å². The first-order chi connectivity index (χ1) is 11.1. The van der Waals surface area contributed by atoms with E-state index in [2.05, 4.69) is 79.4 Å². The van der Waals surface area contributed by atoms with E-state index in [0.29, 0.717) is 10.8 Å². The topological polar surface area (TPSA) is 25.8 Å². The van der Waals surface area contributed by atoms with Crippen molar-refractivity contribution in [3.05, 3.63) is 0 Å². The van der Waals surface area contributed by atoms with E-state index in [1.54, 1.807) is 32.9 Å². The van der Waals surface area contributed by atoms with Crippen LogP contribution in [-0.4, -0.2) is 19.7 Å². The van der Waals surface area contributed by atoms with Crippen LogP contribution in [0.2, 0.25) is 0 Å². The van der Waals surface area contributed by atoms with Gasteiger partial charge in [0.25, 0.3) is 0 Å². The molecular weight excluding hydrogens is 405 g/mol. The molecule has 0 fully saturated rings. The fraction of sp³-hybridized carbons (Fsp3) is 0.889. The lowest BCUT2D eigenvalue weighted by atomic mass is 9.86. The van der Waals surface area contributed by atoms with Gasteiger partial charge < -0.3 is 0 Å². The highest BCUT2D eigenvalue weighted by Crippen LogP contribution is 2.50. The van der Waals surface area contributed by atoms with E-state index in [1.165, 1.54) is 12.8 Å². The van der Waals surface area contributed by atoms with Gasteiger partial charge in [-0.15, -0.1) is 10.2 Å². The van der Waals surface area contributed by atoms with Crippen molar-refractivity contribution in [1.29, 1.82) is 0 Å². The molecule has 0 aromatic carbocycles. The minimum absolute atomic E-state index is 0.228. The molecule has 0 aliphatic carbocycles. The lowest BCUT2D eigenvalue weighted by Crippen LogP contribution is -2.22. The minimum atomic E-state index is 0.228. The first-order valence-corrected chi connectivity index (χ1v) is 13.7. The van der Waals surface area contributed by atoms with Gasteiger partial charge in [-0.1, -0.05) is 74.5 Å². The summed E-state index contributed by atoms with van der Waals surface area (Å²) >= 11 is 1.71. The van der Waals surface area contributed by atoms with Gasteiger partial charge in [0.2, 0.25) is 0 Å². The zero-order valence-corrected chi connectivity index (χ0v) is 21.4. The van der Waals surface area contributed by atoms with Crippen LogP contribution in [0.15, 0.2) is 8.68 Å². The maximum Gasteiger partial charge on any atom is 0.185 e. The van der Waals surface area contributed by atoms with E-state index in [4.69, 9.17) is 0 Å². The fourth-order valence-corrected chi connectivity index (χ4v) is 9.68. The molecule has 1 heterocycles. The molecule has 0 N–H and O–H groups in total. The van der Waals surface area contributed by atoms with E-state index in [0.717, 1.165) is 8.68 Å². The molecule has 0 unspecified atom stereocenters. The lowest BCUT2D eigenvalue weighted by Gasteiger charge is -2.30. The summed E-state index contributed by atoms with van der Waals surface area (Å²) in [5, 5.41) is 8.73. The third kappa shape index (κ3) is 11.4. The van der Waals surface area contributed by atoms with Gasteiger partial charge in [0, 0.05) is 9.49 Å². The van der Waals surface area contributed by atoms with Crippen molar-refractivity contribution in [3.8, 4) is 0 Å². The number of aromatic nitrogens is 2. The molecule has 146 valence electrons. The molecule has 1 aromatic rings. The Hall–Kier alpha value is 0.960. The van der Waals surface area contributed by atoms with E-state index < -0.39 is 0 Å². The average molecular weight is 439 g/mol. The Morgan fingerprint density at radius 1 is 0.640 bits per heavy atom. The summed E-state index contributed by atoms with van der Waals surface area (Å²) in [6.45, 7) is 23.1. The summed E-state index contributed by atoms with van der Waals surface area (Å²) in [7, 11) is 7.37. The smallest absolute Gasteiger partial charge is 0.130 e. The summed E-state index contributed by atoms with van der Waals surface area (Å²) in [4.78, 5) is 0. The van der Waals surface area contributed by atoms with Gasteiger partial charge in [-0.2, -0.15) is 0 Å². The molecule has 0 saturated heterocycles. The second-order valence-electron chi connectivity index (χ2n) is 10.2. The summed E-state index contributed by atoms with van der Waals surface area (Å²) in [5.41, 5.74) is 0.683. The van der Waals surface area contributed by atoms with Crippen LogP contribution >= 0.6 is 54.5 Å². The normalized spacial score (nSPS) is 14.2. The van der Waals surface area contributed by atoms with E-state index in [-0.39, 0.29) is 9.49 Å². The molecule has 2 nitrogen and oxygen atoms in total. The van der Waals surface area contributed by atoms with Crippen molar-refractivity contribution in [3.63, 3.8) is 0 Å². The molecule has 1 aromatic heterocycles. The summed E-state index contributed by atoms with van der Waals surface area (Å²) in [5.74, 6) is 0. The zero-order valence-electron chi connectivity index (χ0n) is 17.3. The first kappa shape index (κ1) is 24.0. The molecule has 0 aliphatic rings. The van der Waals surface area contributed by atoms with Crippen molar-refractivity contribution in [2.45, 2.75) is 100 Å². The Morgan fingerprint density at radius 2 is 0.960 bits per heavy atom. The standard InChI is InChI=1S/C18H34N2S5/c1-15(2,3)11-17(7,8)24-22-13-19-20-14(21-13)23-25-18(9,10)12-16(4,5)6/h11-12H2,1-10H3. The van der Waals surface area contributed by atoms with Gasteiger partial charge in [-0.25, -0.2) is 0 Å². The van der Waals surface area contributed by atoms with E-state index >= 15 is 0 Å². The number of hydrogen-bond donors (Lipinski definition) is 0. The van der Waals surface area contributed by atoms with Crippen LogP contribution in [0.25, 0.3) is 0 Å². The van der Waals surface area contributed by atoms with Gasteiger partial charge in [-0.05, 0) is 73.0 Å². The third-order valence-corrected chi connectivity index (χ3v) is 11.1. The van der Waals surface area contributed by atoms with Gasteiger partial charge in [-0.3, -0.25) is 0 Å². The van der Waals surface area contributed by atoms with E-state index in [1.807, 2.05) is 21.6 Å². The predicted octanol–water partition coefficient (Wildman–Crippen LogP) is 8.45. The zero-order chi connectivity index (χ0) is 19.5. The molecule has 0 aliphatic heterocycles. The highest BCUT2D eigenvalue weighted by atomic mass is 33.1. The number of hydrogen-bond acceptors (Lipinski definition) is 7. The van der Waals surface area contributed by atoms with Gasteiger partial charge >= 0.3 is 0 Å². The summed E-state index contributed by atoms with van der Waals surface area (Å²) in [6, 6.07) is 0. The number of nitrogens with zero attached hydrogens (tertiary/aromatic N) is 2. The van der Waals surface area contributed by atoms with Crippen LogP contribution in [0, 0.1) is 10.8 Å². The van der Waals surface area contributed by atoms with Crippen molar-refractivity contribution in [2.75, 3.05) is 0 Å². The minimum Gasteiger partial charge on any atom is -0.130 e. The van der Waals surface area contributed by atoms with Crippen LogP contribution < -0.4 is 0 Å². The van der Waals surface area contributed by atoms with Crippen molar-refractivity contribution in [2.24, 2.45) is 10.8 Å². The van der Waals surface area contributed by atoms with Gasteiger partial charge in [0.05, 0.1) is 0 Å². The monoisotopic (exact) mass is 438 g/mol. The Bertz CT molecular complexity index is 492. The maximum absolute atomic E-state index is 4.37. The highest BCUT2D eigenvalue weighted by molar-refractivity contribution is 8.78. The Balaban J connectivity index is 2.52. The fourth-order valence-electron chi connectivity index (χ4n) is 3.17. The molecular formula is C18H34N2S5. The van der Waals surface area contributed by atoms with Gasteiger partial charge in [0.1, 0.15) is 0 Å². The molecule has 0 bridgehead atoms. The summed E-state index contributed by atoms with van der Waals surface area (Å²) in [6.07, 6.45) is 2.35. The predicted molar refractivity (Wildman–Crippen MR) is 123 cm³/mol. The molecule has 0 radical (unpaired) electrons. The maximum atomic E-state index is 4.37.